The second-order valence-electron chi connectivity index (χ2n) is 8.22. The van der Waals surface area contributed by atoms with Crippen LogP contribution in [0.3, 0.4) is 0 Å². The molecule has 1 heterocycles. The molecule has 1 amide bonds. The predicted molar refractivity (Wildman–Crippen MR) is 124 cm³/mol. The maximum atomic E-state index is 12.1. The Bertz CT molecular complexity index is 897. The van der Waals surface area contributed by atoms with E-state index in [1.54, 1.807) is 25.3 Å². The number of hydrogen-bond acceptors (Lipinski definition) is 6. The van der Waals surface area contributed by atoms with Gasteiger partial charge in [0.1, 0.15) is 5.75 Å². The van der Waals surface area contributed by atoms with Crippen molar-refractivity contribution < 1.29 is 9.53 Å². The van der Waals surface area contributed by atoms with Gasteiger partial charge in [-0.25, -0.2) is 5.84 Å². The summed E-state index contributed by atoms with van der Waals surface area (Å²) >= 11 is 0. The topological polar surface area (TPSA) is 96.8 Å². The molecule has 166 valence electrons. The van der Waals surface area contributed by atoms with Gasteiger partial charge >= 0.3 is 0 Å². The maximum absolute atomic E-state index is 12.1. The van der Waals surface area contributed by atoms with Crippen LogP contribution in [-0.2, 0) is 11.3 Å². The van der Waals surface area contributed by atoms with Crippen LogP contribution in [0.25, 0.3) is 0 Å². The smallest absolute Gasteiger partial charge is 0.214 e. The van der Waals surface area contributed by atoms with Gasteiger partial charge in [0.05, 0.1) is 13.7 Å². The highest BCUT2D eigenvalue weighted by Crippen LogP contribution is 2.37. The van der Waals surface area contributed by atoms with Crippen molar-refractivity contribution in [1.29, 1.82) is 0 Å². The van der Waals surface area contributed by atoms with Gasteiger partial charge in [0, 0.05) is 36.7 Å². The summed E-state index contributed by atoms with van der Waals surface area (Å²) in [6.45, 7) is 2.66. The molecule has 31 heavy (non-hydrogen) atoms. The van der Waals surface area contributed by atoms with Gasteiger partial charge in [0.15, 0.2) is 0 Å². The van der Waals surface area contributed by atoms with Gasteiger partial charge in [0.2, 0.25) is 6.41 Å². The highest BCUT2D eigenvalue weighted by molar-refractivity contribution is 5.77. The minimum Gasteiger partial charge on any atom is -0.497 e. The number of rotatable bonds is 8. The minimum absolute atomic E-state index is 0.0269. The summed E-state index contributed by atoms with van der Waals surface area (Å²) in [6, 6.07) is 16.2. The quantitative estimate of drug-likeness (QED) is 0.343. The van der Waals surface area contributed by atoms with E-state index in [0.29, 0.717) is 12.2 Å². The first kappa shape index (κ1) is 22.7. The van der Waals surface area contributed by atoms with E-state index >= 15 is 0 Å². The van der Waals surface area contributed by atoms with Crippen LogP contribution < -0.4 is 26.5 Å². The number of hydrazine groups is 1. The van der Waals surface area contributed by atoms with Crippen LogP contribution in [0.2, 0.25) is 0 Å². The minimum atomic E-state index is 0.0269. The van der Waals surface area contributed by atoms with Crippen LogP contribution in [0.1, 0.15) is 36.8 Å². The number of carbonyl (C=O) groups is 1. The molecule has 0 aromatic heterocycles. The SMILES string of the molecule is COc1ccc(CN(C=O)c2ccccc2C2CC(C)NC(/C(N)=C/N(C)N)C2)cc1. The normalized spacial score (nSPS) is 21.4. The molecular formula is C24H33N5O2. The molecule has 1 aliphatic rings. The fraction of sp³-hybridized carbons (Fsp3) is 0.375. The number of anilines is 1. The Morgan fingerprint density at radius 3 is 2.55 bits per heavy atom. The average Bonchev–Trinajstić information content (AvgIpc) is 2.77. The van der Waals surface area contributed by atoms with E-state index in [4.69, 9.17) is 16.3 Å². The van der Waals surface area contributed by atoms with Crippen LogP contribution in [0.15, 0.2) is 60.4 Å². The number of nitrogens with one attached hydrogen (secondary N) is 1. The molecule has 3 rings (SSSR count). The molecule has 0 spiro atoms. The molecule has 2 aromatic carbocycles. The van der Waals surface area contributed by atoms with Gasteiger partial charge < -0.3 is 25.7 Å². The predicted octanol–water partition coefficient (Wildman–Crippen LogP) is 2.69. The second kappa shape index (κ2) is 10.3. The molecule has 5 N–H and O–H groups in total. The fourth-order valence-corrected chi connectivity index (χ4v) is 4.30. The summed E-state index contributed by atoms with van der Waals surface area (Å²) < 4.78 is 5.23. The third kappa shape index (κ3) is 5.77. The number of methoxy groups -OCH3 is 1. The van der Waals surface area contributed by atoms with Crippen LogP contribution in [0.5, 0.6) is 5.75 Å². The van der Waals surface area contributed by atoms with Crippen LogP contribution in [0.4, 0.5) is 5.69 Å². The number of carbonyl (C=O) groups excluding carboxylic acids is 1. The standard InChI is InChI=1S/C24H33N5O2/c1-17-12-19(13-23(27-17)22(25)15-28(2)26)21-6-4-5-7-24(21)29(16-30)14-18-8-10-20(31-3)11-9-18/h4-11,15-17,19,23,27H,12-14,25-26H2,1-3H3/b22-15-. The summed E-state index contributed by atoms with van der Waals surface area (Å²) in [5.74, 6) is 6.82. The van der Waals surface area contributed by atoms with E-state index in [2.05, 4.69) is 18.3 Å². The number of piperidine rings is 1. The Labute approximate surface area is 184 Å². The van der Waals surface area contributed by atoms with Crippen LogP contribution >= 0.6 is 0 Å². The Hall–Kier alpha value is -3.03. The summed E-state index contributed by atoms with van der Waals surface area (Å²) in [6.07, 6.45) is 4.46. The first-order chi connectivity index (χ1) is 14.9. The highest BCUT2D eigenvalue weighted by Gasteiger charge is 2.30. The van der Waals surface area contributed by atoms with E-state index in [0.717, 1.165) is 41.8 Å². The lowest BCUT2D eigenvalue weighted by molar-refractivity contribution is -0.107. The Morgan fingerprint density at radius 1 is 1.19 bits per heavy atom. The summed E-state index contributed by atoms with van der Waals surface area (Å²) in [4.78, 5) is 13.8. The summed E-state index contributed by atoms with van der Waals surface area (Å²) in [5.41, 5.74) is 10.2. The maximum Gasteiger partial charge on any atom is 0.214 e. The van der Waals surface area contributed by atoms with Crippen LogP contribution in [0, 0.1) is 0 Å². The third-order valence-electron chi connectivity index (χ3n) is 5.72. The number of nitrogens with zero attached hydrogens (tertiary/aromatic N) is 2. The van der Waals surface area contributed by atoms with E-state index in [-0.39, 0.29) is 18.0 Å². The van der Waals surface area contributed by atoms with Crippen molar-refractivity contribution in [3.05, 3.63) is 71.6 Å². The highest BCUT2D eigenvalue weighted by atomic mass is 16.5. The Kier molecular flexibility index (Phi) is 7.55. The second-order valence-corrected chi connectivity index (χ2v) is 8.22. The van der Waals surface area contributed by atoms with Gasteiger partial charge in [-0.05, 0) is 55.0 Å². The van der Waals surface area contributed by atoms with Gasteiger partial charge in [0.25, 0.3) is 0 Å². The van der Waals surface area contributed by atoms with Crippen molar-refractivity contribution in [2.24, 2.45) is 11.6 Å². The zero-order chi connectivity index (χ0) is 22.4. The Morgan fingerprint density at radius 2 is 1.90 bits per heavy atom. The molecule has 0 aliphatic carbocycles. The van der Waals surface area contributed by atoms with Crippen molar-refractivity contribution in [3.8, 4) is 5.75 Å². The molecule has 3 atom stereocenters. The van der Waals surface area contributed by atoms with E-state index in [1.807, 2.05) is 42.5 Å². The van der Waals surface area contributed by atoms with Crippen molar-refractivity contribution >= 4 is 12.1 Å². The van der Waals surface area contributed by atoms with E-state index in [9.17, 15) is 4.79 Å². The zero-order valence-corrected chi connectivity index (χ0v) is 18.5. The van der Waals surface area contributed by atoms with Gasteiger partial charge in [-0.2, -0.15) is 0 Å². The van der Waals surface area contributed by atoms with Crippen molar-refractivity contribution in [2.75, 3.05) is 19.1 Å². The van der Waals surface area contributed by atoms with Crippen molar-refractivity contribution in [1.82, 2.24) is 10.3 Å². The lowest BCUT2D eigenvalue weighted by Gasteiger charge is -2.37. The Balaban J connectivity index is 1.86. The van der Waals surface area contributed by atoms with Crippen molar-refractivity contribution in [3.63, 3.8) is 0 Å². The van der Waals surface area contributed by atoms with E-state index < -0.39 is 0 Å². The van der Waals surface area contributed by atoms with Gasteiger partial charge in [-0.15, -0.1) is 0 Å². The molecule has 7 heteroatoms. The summed E-state index contributed by atoms with van der Waals surface area (Å²) in [5, 5.41) is 5.04. The molecule has 1 aliphatic heterocycles. The van der Waals surface area contributed by atoms with Gasteiger partial charge in [-0.3, -0.25) is 4.79 Å². The number of para-hydroxylation sites is 1. The van der Waals surface area contributed by atoms with Crippen molar-refractivity contribution in [2.45, 2.75) is 44.3 Å². The van der Waals surface area contributed by atoms with Crippen LogP contribution in [-0.4, -0.2) is 37.7 Å². The molecule has 1 fully saturated rings. The molecule has 0 radical (unpaired) electrons. The number of nitrogens with two attached hydrogens (primary N) is 2. The molecule has 2 aromatic rings. The zero-order valence-electron chi connectivity index (χ0n) is 18.5. The molecule has 1 saturated heterocycles. The third-order valence-corrected chi connectivity index (χ3v) is 5.72. The van der Waals surface area contributed by atoms with Gasteiger partial charge in [-0.1, -0.05) is 30.3 Å². The number of amides is 1. The largest absolute Gasteiger partial charge is 0.497 e. The number of hydrogen-bond donors (Lipinski definition) is 3. The molecule has 7 nitrogen and oxygen atoms in total. The molecule has 3 unspecified atom stereocenters. The molecule has 0 bridgehead atoms. The lowest BCUT2D eigenvalue weighted by atomic mass is 9.81. The fourth-order valence-electron chi connectivity index (χ4n) is 4.30. The summed E-state index contributed by atoms with van der Waals surface area (Å²) in [7, 11) is 3.40. The lowest BCUT2D eigenvalue weighted by Crippen LogP contribution is -2.46. The first-order valence-corrected chi connectivity index (χ1v) is 10.6. The molecule has 0 saturated carbocycles. The molecular weight excluding hydrogens is 390 g/mol. The number of ether oxygens (including phenoxy) is 1. The average molecular weight is 424 g/mol. The van der Waals surface area contributed by atoms with E-state index in [1.165, 1.54) is 5.01 Å². The number of benzene rings is 2. The first-order valence-electron chi connectivity index (χ1n) is 10.6. The monoisotopic (exact) mass is 423 g/mol.